The molecule has 0 radical (unpaired) electrons. The van der Waals surface area contributed by atoms with Gasteiger partial charge < -0.3 is 15.4 Å². The van der Waals surface area contributed by atoms with E-state index in [0.29, 0.717) is 11.8 Å². The Morgan fingerprint density at radius 1 is 0.893 bits per heavy atom. The molecule has 2 aliphatic rings. The molecule has 0 aromatic heterocycles. The first-order valence-corrected chi connectivity index (χ1v) is 10.9. The molecule has 154 valence electrons. The predicted octanol–water partition coefficient (Wildman–Crippen LogP) is 4.67. The molecule has 0 bridgehead atoms. The van der Waals surface area contributed by atoms with E-state index in [9.17, 15) is 9.59 Å². The fraction of sp³-hybridized carbons (Fsp3) is 0.652. The van der Waals surface area contributed by atoms with Crippen LogP contribution in [-0.2, 0) is 9.59 Å². The summed E-state index contributed by atoms with van der Waals surface area (Å²) < 4.78 is 5.79. The minimum Gasteiger partial charge on any atom is -0.489 e. The monoisotopic (exact) mass is 386 g/mol. The maximum Gasteiger partial charge on any atom is 0.227 e. The number of hydrogen-bond acceptors (Lipinski definition) is 3. The molecule has 3 rings (SSSR count). The summed E-state index contributed by atoms with van der Waals surface area (Å²) in [5.74, 6) is 0.951. The standard InChI is InChI=1S/C23H34N2O3/c1-16(2)28-21-11-7-6-10-20(21)25-23(27)18-14-12-17(13-15-18)22(26)24-19-8-4-3-5-9-19/h6-7,10-11,16-19H,3-5,8-9,12-15H2,1-2H3,(H,24,26)(H,25,27). The number of benzene rings is 1. The Morgan fingerprint density at radius 3 is 2.14 bits per heavy atom. The van der Waals surface area contributed by atoms with Crippen LogP contribution in [0.4, 0.5) is 5.69 Å². The molecule has 0 heterocycles. The minimum absolute atomic E-state index is 0.0333. The Hall–Kier alpha value is -2.04. The normalized spacial score (nSPS) is 23.2. The quantitative estimate of drug-likeness (QED) is 0.747. The van der Waals surface area contributed by atoms with Crippen LogP contribution in [0.5, 0.6) is 5.75 Å². The van der Waals surface area contributed by atoms with Crippen molar-refractivity contribution in [2.24, 2.45) is 11.8 Å². The van der Waals surface area contributed by atoms with E-state index in [1.165, 1.54) is 19.3 Å². The molecule has 28 heavy (non-hydrogen) atoms. The van der Waals surface area contributed by atoms with Crippen LogP contribution in [-0.4, -0.2) is 24.0 Å². The highest BCUT2D eigenvalue weighted by atomic mass is 16.5. The van der Waals surface area contributed by atoms with Gasteiger partial charge in [-0.2, -0.15) is 0 Å². The fourth-order valence-corrected chi connectivity index (χ4v) is 4.35. The third-order valence-corrected chi connectivity index (χ3v) is 5.93. The first-order chi connectivity index (χ1) is 13.5. The van der Waals surface area contributed by atoms with Crippen LogP contribution in [0, 0.1) is 11.8 Å². The SMILES string of the molecule is CC(C)Oc1ccccc1NC(=O)C1CCC(C(=O)NC2CCCCC2)CC1. The van der Waals surface area contributed by atoms with Gasteiger partial charge in [0.1, 0.15) is 5.75 Å². The molecule has 2 amide bonds. The number of rotatable bonds is 6. The number of amides is 2. The molecule has 1 aromatic rings. The Bertz CT molecular complexity index is 660. The van der Waals surface area contributed by atoms with Crippen LogP contribution in [0.25, 0.3) is 0 Å². The van der Waals surface area contributed by atoms with Crippen molar-refractivity contribution < 1.29 is 14.3 Å². The average molecular weight is 387 g/mol. The third-order valence-electron chi connectivity index (χ3n) is 5.93. The lowest BCUT2D eigenvalue weighted by atomic mass is 9.80. The summed E-state index contributed by atoms with van der Waals surface area (Å²) in [6.45, 7) is 3.94. The van der Waals surface area contributed by atoms with E-state index in [0.717, 1.165) is 44.2 Å². The van der Waals surface area contributed by atoms with E-state index in [1.807, 2.05) is 38.1 Å². The van der Waals surface area contributed by atoms with Gasteiger partial charge in [-0.3, -0.25) is 9.59 Å². The van der Waals surface area contributed by atoms with Gasteiger partial charge in [0.05, 0.1) is 11.8 Å². The highest BCUT2D eigenvalue weighted by Gasteiger charge is 2.31. The molecule has 0 spiro atoms. The van der Waals surface area contributed by atoms with Gasteiger partial charge in [-0.05, 0) is 64.5 Å². The molecule has 0 unspecified atom stereocenters. The van der Waals surface area contributed by atoms with Crippen molar-refractivity contribution in [3.63, 3.8) is 0 Å². The van der Waals surface area contributed by atoms with Crippen molar-refractivity contribution in [3.8, 4) is 5.75 Å². The van der Waals surface area contributed by atoms with Crippen LogP contribution in [0.2, 0.25) is 0 Å². The summed E-state index contributed by atoms with van der Waals surface area (Å²) in [6, 6.07) is 7.92. The van der Waals surface area contributed by atoms with E-state index in [1.54, 1.807) is 0 Å². The number of carbonyl (C=O) groups excluding carboxylic acids is 2. The molecule has 2 N–H and O–H groups in total. The summed E-state index contributed by atoms with van der Waals surface area (Å²) >= 11 is 0. The van der Waals surface area contributed by atoms with E-state index >= 15 is 0 Å². The van der Waals surface area contributed by atoms with E-state index in [-0.39, 0.29) is 29.8 Å². The van der Waals surface area contributed by atoms with E-state index in [4.69, 9.17) is 4.74 Å². The number of ether oxygens (including phenoxy) is 1. The number of anilines is 1. The molecule has 1 aromatic carbocycles. The molecule has 2 fully saturated rings. The van der Waals surface area contributed by atoms with Crippen molar-refractivity contribution in [1.82, 2.24) is 5.32 Å². The van der Waals surface area contributed by atoms with Gasteiger partial charge in [0, 0.05) is 17.9 Å². The lowest BCUT2D eigenvalue weighted by Crippen LogP contribution is -2.41. The van der Waals surface area contributed by atoms with Gasteiger partial charge in [-0.15, -0.1) is 0 Å². The lowest BCUT2D eigenvalue weighted by Gasteiger charge is -2.30. The van der Waals surface area contributed by atoms with Gasteiger partial charge in [0.25, 0.3) is 0 Å². The first kappa shape index (κ1) is 20.7. The molecular weight excluding hydrogens is 352 g/mol. The largest absolute Gasteiger partial charge is 0.489 e. The zero-order chi connectivity index (χ0) is 19.9. The zero-order valence-corrected chi connectivity index (χ0v) is 17.2. The molecule has 2 saturated carbocycles. The Labute approximate surface area is 168 Å². The molecule has 0 aliphatic heterocycles. The summed E-state index contributed by atoms with van der Waals surface area (Å²) in [5.41, 5.74) is 0.721. The second kappa shape index (κ2) is 9.94. The molecule has 0 saturated heterocycles. The second-order valence-corrected chi connectivity index (χ2v) is 8.54. The van der Waals surface area contributed by atoms with Crippen molar-refractivity contribution in [1.29, 1.82) is 0 Å². The topological polar surface area (TPSA) is 67.4 Å². The van der Waals surface area contributed by atoms with Crippen LogP contribution in [0.1, 0.15) is 71.6 Å². The third kappa shape index (κ3) is 5.73. The number of hydrogen-bond donors (Lipinski definition) is 2. The summed E-state index contributed by atoms with van der Waals surface area (Å²) in [6.07, 6.45) is 9.13. The summed E-state index contributed by atoms with van der Waals surface area (Å²) in [4.78, 5) is 25.3. The van der Waals surface area contributed by atoms with Gasteiger partial charge in [-0.1, -0.05) is 31.4 Å². The van der Waals surface area contributed by atoms with Crippen molar-refractivity contribution in [3.05, 3.63) is 24.3 Å². The van der Waals surface area contributed by atoms with Gasteiger partial charge in [0.2, 0.25) is 11.8 Å². The maximum absolute atomic E-state index is 12.7. The van der Waals surface area contributed by atoms with E-state index < -0.39 is 0 Å². The number of para-hydroxylation sites is 2. The van der Waals surface area contributed by atoms with Gasteiger partial charge in [-0.25, -0.2) is 0 Å². The Kier molecular flexibility index (Phi) is 7.35. The fourth-order valence-electron chi connectivity index (χ4n) is 4.35. The maximum atomic E-state index is 12.7. The van der Waals surface area contributed by atoms with Gasteiger partial charge in [0.15, 0.2) is 0 Å². The van der Waals surface area contributed by atoms with Crippen LogP contribution in [0.3, 0.4) is 0 Å². The van der Waals surface area contributed by atoms with Crippen LogP contribution in [0.15, 0.2) is 24.3 Å². The highest BCUT2D eigenvalue weighted by molar-refractivity contribution is 5.94. The number of nitrogens with one attached hydrogen (secondary N) is 2. The van der Waals surface area contributed by atoms with Crippen molar-refractivity contribution in [2.45, 2.75) is 83.8 Å². The van der Waals surface area contributed by atoms with Gasteiger partial charge >= 0.3 is 0 Å². The van der Waals surface area contributed by atoms with Crippen molar-refractivity contribution >= 4 is 17.5 Å². The molecule has 0 atom stereocenters. The second-order valence-electron chi connectivity index (χ2n) is 8.54. The Morgan fingerprint density at radius 2 is 1.50 bits per heavy atom. The summed E-state index contributed by atoms with van der Waals surface area (Å²) in [7, 11) is 0. The first-order valence-electron chi connectivity index (χ1n) is 10.9. The average Bonchev–Trinajstić information content (AvgIpc) is 2.70. The van der Waals surface area contributed by atoms with Crippen LogP contribution < -0.4 is 15.4 Å². The number of carbonyl (C=O) groups is 2. The molecule has 5 heteroatoms. The minimum atomic E-state index is -0.0363. The zero-order valence-electron chi connectivity index (χ0n) is 17.2. The predicted molar refractivity (Wildman–Crippen MR) is 111 cm³/mol. The lowest BCUT2D eigenvalue weighted by molar-refractivity contribution is -0.129. The smallest absolute Gasteiger partial charge is 0.227 e. The molecule has 5 nitrogen and oxygen atoms in total. The highest BCUT2D eigenvalue weighted by Crippen LogP contribution is 2.32. The summed E-state index contributed by atoms with van der Waals surface area (Å²) in [5, 5.41) is 6.27. The molecular formula is C23H34N2O3. The van der Waals surface area contributed by atoms with Crippen LogP contribution >= 0.6 is 0 Å². The Balaban J connectivity index is 1.48. The molecule has 2 aliphatic carbocycles. The van der Waals surface area contributed by atoms with Crippen molar-refractivity contribution in [2.75, 3.05) is 5.32 Å². The van der Waals surface area contributed by atoms with E-state index in [2.05, 4.69) is 10.6 Å².